The quantitative estimate of drug-likeness (QED) is 0.429. The fourth-order valence-corrected chi connectivity index (χ4v) is 3.83. The zero-order chi connectivity index (χ0) is 13.0. The van der Waals surface area contributed by atoms with Crippen LogP contribution in [-0.2, 0) is 9.84 Å². The van der Waals surface area contributed by atoms with E-state index < -0.39 is 9.84 Å². The summed E-state index contributed by atoms with van der Waals surface area (Å²) in [4.78, 5) is 4.47. The number of hydrogen-bond donors (Lipinski definition) is 2. The number of rotatable bonds is 5. The predicted octanol–water partition coefficient (Wildman–Crippen LogP) is 0.305. The molecule has 5 nitrogen and oxygen atoms in total. The summed E-state index contributed by atoms with van der Waals surface area (Å²) >= 11 is 0. The van der Waals surface area contributed by atoms with Gasteiger partial charge in [0.15, 0.2) is 15.8 Å². The number of aliphatic imine (C=N–C) groups is 1. The van der Waals surface area contributed by atoms with E-state index in [1.54, 1.807) is 6.08 Å². The molecule has 1 aliphatic carbocycles. The molecule has 2 rings (SSSR count). The number of guanidine groups is 1. The Morgan fingerprint density at radius 2 is 2.17 bits per heavy atom. The van der Waals surface area contributed by atoms with Gasteiger partial charge in [-0.2, -0.15) is 0 Å². The first-order valence-corrected chi connectivity index (χ1v) is 8.27. The van der Waals surface area contributed by atoms with E-state index in [2.05, 4.69) is 22.2 Å². The van der Waals surface area contributed by atoms with Gasteiger partial charge in [-0.1, -0.05) is 6.08 Å². The Kier molecular flexibility index (Phi) is 4.27. The molecule has 1 unspecified atom stereocenters. The Morgan fingerprint density at radius 1 is 1.39 bits per heavy atom. The van der Waals surface area contributed by atoms with Gasteiger partial charge in [0.2, 0.25) is 0 Å². The third-order valence-corrected chi connectivity index (χ3v) is 5.00. The van der Waals surface area contributed by atoms with Crippen molar-refractivity contribution in [3.63, 3.8) is 0 Å². The molecular formula is C12H21N3O2S. The molecule has 0 aromatic heterocycles. The van der Waals surface area contributed by atoms with E-state index in [0.29, 0.717) is 24.9 Å². The van der Waals surface area contributed by atoms with Gasteiger partial charge in [0.1, 0.15) is 0 Å². The van der Waals surface area contributed by atoms with Crippen LogP contribution in [0.4, 0.5) is 0 Å². The molecule has 0 aromatic carbocycles. The van der Waals surface area contributed by atoms with Crippen LogP contribution in [-0.4, -0.2) is 45.0 Å². The van der Waals surface area contributed by atoms with Crippen LogP contribution in [0.2, 0.25) is 0 Å². The first-order valence-electron chi connectivity index (χ1n) is 6.45. The van der Waals surface area contributed by atoms with Gasteiger partial charge >= 0.3 is 0 Å². The molecular weight excluding hydrogens is 250 g/mol. The molecule has 1 saturated heterocycles. The van der Waals surface area contributed by atoms with Crippen molar-refractivity contribution in [3.8, 4) is 0 Å². The standard InChI is InChI=1S/C12H21N3O2S/c1-2-6-13-12(15-11-3-4-11)14-8-10-5-7-18(16,17)9-10/h2,10-11H,1,3-9H2,(H2,13,14,15). The van der Waals surface area contributed by atoms with Crippen molar-refractivity contribution < 1.29 is 8.42 Å². The van der Waals surface area contributed by atoms with E-state index >= 15 is 0 Å². The third kappa shape index (κ3) is 4.33. The minimum atomic E-state index is -2.80. The van der Waals surface area contributed by atoms with Gasteiger partial charge in [0, 0.05) is 19.1 Å². The molecule has 2 aliphatic rings. The maximum atomic E-state index is 11.4. The lowest BCUT2D eigenvalue weighted by Crippen LogP contribution is -2.39. The average molecular weight is 271 g/mol. The number of hydrogen-bond acceptors (Lipinski definition) is 3. The first kappa shape index (κ1) is 13.4. The van der Waals surface area contributed by atoms with Gasteiger partial charge in [-0.25, -0.2) is 8.42 Å². The largest absolute Gasteiger partial charge is 0.354 e. The van der Waals surface area contributed by atoms with Crippen molar-refractivity contribution in [2.45, 2.75) is 25.3 Å². The molecule has 18 heavy (non-hydrogen) atoms. The lowest BCUT2D eigenvalue weighted by atomic mass is 10.1. The maximum absolute atomic E-state index is 11.4. The molecule has 1 saturated carbocycles. The van der Waals surface area contributed by atoms with Gasteiger partial charge in [0.25, 0.3) is 0 Å². The lowest BCUT2D eigenvalue weighted by molar-refractivity contribution is 0.589. The maximum Gasteiger partial charge on any atom is 0.191 e. The molecule has 6 heteroatoms. The van der Waals surface area contributed by atoms with Crippen molar-refractivity contribution in [3.05, 3.63) is 12.7 Å². The Morgan fingerprint density at radius 3 is 2.72 bits per heavy atom. The molecule has 102 valence electrons. The second-order valence-electron chi connectivity index (χ2n) is 5.05. The monoisotopic (exact) mass is 271 g/mol. The highest BCUT2D eigenvalue weighted by atomic mass is 32.2. The topological polar surface area (TPSA) is 70.6 Å². The van der Waals surface area contributed by atoms with Crippen LogP contribution >= 0.6 is 0 Å². The Bertz CT molecular complexity index is 427. The molecule has 0 radical (unpaired) electrons. The molecule has 2 N–H and O–H groups in total. The SMILES string of the molecule is C=CCNC(=NCC1CCS(=O)(=O)C1)NC1CC1. The van der Waals surface area contributed by atoms with E-state index in [9.17, 15) is 8.42 Å². The zero-order valence-corrected chi connectivity index (χ0v) is 11.4. The van der Waals surface area contributed by atoms with Gasteiger partial charge < -0.3 is 10.6 Å². The summed E-state index contributed by atoms with van der Waals surface area (Å²) in [5.41, 5.74) is 0. The van der Waals surface area contributed by atoms with Crippen molar-refractivity contribution in [2.24, 2.45) is 10.9 Å². The van der Waals surface area contributed by atoms with Crippen LogP contribution in [0.15, 0.2) is 17.6 Å². The smallest absolute Gasteiger partial charge is 0.191 e. The van der Waals surface area contributed by atoms with Crippen molar-refractivity contribution in [2.75, 3.05) is 24.6 Å². The molecule has 1 aliphatic heterocycles. The lowest BCUT2D eigenvalue weighted by Gasteiger charge is -2.11. The number of nitrogens with zero attached hydrogens (tertiary/aromatic N) is 1. The number of nitrogens with one attached hydrogen (secondary N) is 2. The molecule has 1 heterocycles. The third-order valence-electron chi connectivity index (χ3n) is 3.17. The van der Waals surface area contributed by atoms with E-state index in [-0.39, 0.29) is 11.7 Å². The molecule has 0 aromatic rings. The second kappa shape index (κ2) is 5.73. The van der Waals surface area contributed by atoms with Crippen molar-refractivity contribution in [1.29, 1.82) is 0 Å². The molecule has 0 amide bonds. The van der Waals surface area contributed by atoms with Crippen LogP contribution in [0.5, 0.6) is 0 Å². The highest BCUT2D eigenvalue weighted by Crippen LogP contribution is 2.20. The summed E-state index contributed by atoms with van der Waals surface area (Å²) in [7, 11) is -2.80. The summed E-state index contributed by atoms with van der Waals surface area (Å²) in [6, 6.07) is 0.536. The fourth-order valence-electron chi connectivity index (χ4n) is 1.98. The van der Waals surface area contributed by atoms with E-state index in [0.717, 1.165) is 12.4 Å². The first-order chi connectivity index (χ1) is 8.59. The highest BCUT2D eigenvalue weighted by Gasteiger charge is 2.28. The molecule has 0 bridgehead atoms. The predicted molar refractivity (Wildman–Crippen MR) is 73.4 cm³/mol. The van der Waals surface area contributed by atoms with Gasteiger partial charge in [0.05, 0.1) is 11.5 Å². The van der Waals surface area contributed by atoms with E-state index in [4.69, 9.17) is 0 Å². The minimum absolute atomic E-state index is 0.177. The van der Waals surface area contributed by atoms with Crippen LogP contribution in [0.25, 0.3) is 0 Å². The van der Waals surface area contributed by atoms with Crippen LogP contribution < -0.4 is 10.6 Å². The molecule has 2 fully saturated rings. The molecule has 1 atom stereocenters. The fraction of sp³-hybridized carbons (Fsp3) is 0.750. The van der Waals surface area contributed by atoms with E-state index in [1.165, 1.54) is 12.8 Å². The summed E-state index contributed by atoms with van der Waals surface area (Å²) < 4.78 is 22.7. The zero-order valence-electron chi connectivity index (χ0n) is 10.6. The van der Waals surface area contributed by atoms with Gasteiger partial charge in [-0.15, -0.1) is 6.58 Å². The van der Waals surface area contributed by atoms with Crippen molar-refractivity contribution >= 4 is 15.8 Å². The van der Waals surface area contributed by atoms with Crippen LogP contribution in [0, 0.1) is 5.92 Å². The van der Waals surface area contributed by atoms with Crippen LogP contribution in [0.1, 0.15) is 19.3 Å². The van der Waals surface area contributed by atoms with Crippen molar-refractivity contribution in [1.82, 2.24) is 10.6 Å². The summed E-state index contributed by atoms with van der Waals surface area (Å²) in [6.07, 6.45) is 4.90. The van der Waals surface area contributed by atoms with Crippen LogP contribution in [0.3, 0.4) is 0 Å². The second-order valence-corrected chi connectivity index (χ2v) is 7.28. The number of sulfone groups is 1. The average Bonchev–Trinajstić information content (AvgIpc) is 3.06. The summed E-state index contributed by atoms with van der Waals surface area (Å²) in [6.45, 7) is 4.91. The Labute approximate surface area is 109 Å². The summed E-state index contributed by atoms with van der Waals surface area (Å²) in [5, 5.41) is 6.47. The molecule has 0 spiro atoms. The van der Waals surface area contributed by atoms with Gasteiger partial charge in [-0.05, 0) is 25.2 Å². The summed E-state index contributed by atoms with van der Waals surface area (Å²) in [5.74, 6) is 1.56. The normalized spacial score (nSPS) is 26.9. The Hall–Kier alpha value is -1.04. The van der Waals surface area contributed by atoms with Gasteiger partial charge in [-0.3, -0.25) is 4.99 Å². The highest BCUT2D eigenvalue weighted by molar-refractivity contribution is 7.91. The van der Waals surface area contributed by atoms with E-state index in [1.807, 2.05) is 0 Å². The minimum Gasteiger partial charge on any atom is -0.354 e. The Balaban J connectivity index is 1.84.